The molecular formula is C18H19FN2O3. The number of anilines is 1. The van der Waals surface area contributed by atoms with Crippen LogP contribution in [0.5, 0.6) is 5.75 Å². The van der Waals surface area contributed by atoms with Gasteiger partial charge in [0.25, 0.3) is 5.91 Å². The van der Waals surface area contributed by atoms with Gasteiger partial charge in [-0.05, 0) is 48.9 Å². The minimum absolute atomic E-state index is 0.00750. The largest absolute Gasteiger partial charge is 0.484 e. The first-order valence-electron chi connectivity index (χ1n) is 7.49. The Morgan fingerprint density at radius 3 is 2.50 bits per heavy atom. The molecule has 2 rings (SSSR count). The highest BCUT2D eigenvalue weighted by Gasteiger charge is 2.17. The Morgan fingerprint density at radius 2 is 1.88 bits per heavy atom. The van der Waals surface area contributed by atoms with E-state index in [2.05, 4.69) is 0 Å². The second kappa shape index (κ2) is 8.10. The van der Waals surface area contributed by atoms with Crippen LogP contribution in [-0.2, 0) is 9.59 Å². The molecule has 24 heavy (non-hydrogen) atoms. The van der Waals surface area contributed by atoms with Crippen molar-refractivity contribution in [1.82, 2.24) is 0 Å². The van der Waals surface area contributed by atoms with Crippen LogP contribution in [0, 0.1) is 12.7 Å². The number of benzene rings is 2. The van der Waals surface area contributed by atoms with E-state index in [9.17, 15) is 14.0 Å². The average molecular weight is 330 g/mol. The maximum Gasteiger partial charge on any atom is 0.264 e. The summed E-state index contributed by atoms with van der Waals surface area (Å²) in [5, 5.41) is 0. The molecule has 2 amide bonds. The Hall–Kier alpha value is -2.89. The lowest BCUT2D eigenvalue weighted by atomic mass is 10.2. The zero-order valence-corrected chi connectivity index (χ0v) is 13.4. The fraction of sp³-hybridized carbons (Fsp3) is 0.222. The third kappa shape index (κ3) is 5.08. The number of carbonyl (C=O) groups is 2. The lowest BCUT2D eigenvalue weighted by molar-refractivity contribution is -0.120. The number of hydrogen-bond acceptors (Lipinski definition) is 3. The summed E-state index contributed by atoms with van der Waals surface area (Å²) in [4.78, 5) is 24.8. The molecule has 0 heterocycles. The van der Waals surface area contributed by atoms with E-state index in [1.807, 2.05) is 25.1 Å². The number of aryl methyl sites for hydroxylation is 1. The third-order valence-corrected chi connectivity index (χ3v) is 3.37. The van der Waals surface area contributed by atoms with Gasteiger partial charge in [0.1, 0.15) is 11.6 Å². The van der Waals surface area contributed by atoms with Crippen molar-refractivity contribution in [3.63, 3.8) is 0 Å². The molecule has 0 aliphatic carbocycles. The molecule has 6 heteroatoms. The quantitative estimate of drug-likeness (QED) is 0.847. The van der Waals surface area contributed by atoms with Crippen LogP contribution in [0.2, 0.25) is 0 Å². The predicted octanol–water partition coefficient (Wildman–Crippen LogP) is 2.42. The first kappa shape index (κ1) is 17.5. The van der Waals surface area contributed by atoms with Crippen LogP contribution < -0.4 is 15.4 Å². The Labute approximate surface area is 139 Å². The van der Waals surface area contributed by atoms with Gasteiger partial charge >= 0.3 is 0 Å². The summed E-state index contributed by atoms with van der Waals surface area (Å²) in [6.07, 6.45) is 0.00750. The summed E-state index contributed by atoms with van der Waals surface area (Å²) >= 11 is 0. The number of halogens is 1. The monoisotopic (exact) mass is 330 g/mol. The van der Waals surface area contributed by atoms with E-state index in [1.165, 1.54) is 29.2 Å². The van der Waals surface area contributed by atoms with E-state index >= 15 is 0 Å². The molecule has 0 radical (unpaired) electrons. The number of ether oxygens (including phenoxy) is 1. The summed E-state index contributed by atoms with van der Waals surface area (Å²) in [5.41, 5.74) is 6.66. The lowest BCUT2D eigenvalue weighted by Gasteiger charge is -2.22. The van der Waals surface area contributed by atoms with E-state index in [0.717, 1.165) is 5.56 Å². The Morgan fingerprint density at radius 1 is 1.17 bits per heavy atom. The van der Waals surface area contributed by atoms with Gasteiger partial charge in [0, 0.05) is 18.7 Å². The van der Waals surface area contributed by atoms with E-state index in [1.54, 1.807) is 6.07 Å². The maximum atomic E-state index is 13.1. The zero-order chi connectivity index (χ0) is 17.5. The zero-order valence-electron chi connectivity index (χ0n) is 13.4. The number of carbonyl (C=O) groups excluding carboxylic acids is 2. The second-order valence-corrected chi connectivity index (χ2v) is 5.34. The van der Waals surface area contributed by atoms with Crippen molar-refractivity contribution < 1.29 is 18.7 Å². The van der Waals surface area contributed by atoms with Crippen molar-refractivity contribution in [2.24, 2.45) is 5.73 Å². The smallest absolute Gasteiger partial charge is 0.264 e. The average Bonchev–Trinajstić information content (AvgIpc) is 2.54. The molecule has 5 nitrogen and oxygen atoms in total. The van der Waals surface area contributed by atoms with E-state index in [-0.39, 0.29) is 25.5 Å². The summed E-state index contributed by atoms with van der Waals surface area (Å²) in [7, 11) is 0. The molecule has 2 aromatic rings. The number of nitrogens with zero attached hydrogens (tertiary/aromatic N) is 1. The summed E-state index contributed by atoms with van der Waals surface area (Å²) in [6.45, 7) is 1.84. The molecule has 126 valence electrons. The molecule has 0 saturated carbocycles. The van der Waals surface area contributed by atoms with Gasteiger partial charge in [-0.15, -0.1) is 0 Å². The highest BCUT2D eigenvalue weighted by atomic mass is 19.1. The fourth-order valence-electron chi connectivity index (χ4n) is 2.17. The molecule has 0 atom stereocenters. The Balaban J connectivity index is 2.08. The van der Waals surface area contributed by atoms with Gasteiger partial charge in [-0.1, -0.05) is 12.1 Å². The Kier molecular flexibility index (Phi) is 5.89. The van der Waals surface area contributed by atoms with Crippen LogP contribution in [0.1, 0.15) is 12.0 Å². The van der Waals surface area contributed by atoms with Gasteiger partial charge in [-0.2, -0.15) is 0 Å². The third-order valence-electron chi connectivity index (χ3n) is 3.37. The van der Waals surface area contributed by atoms with Crippen molar-refractivity contribution in [2.45, 2.75) is 13.3 Å². The molecule has 0 bridgehead atoms. The highest BCUT2D eigenvalue weighted by Crippen LogP contribution is 2.17. The first-order valence-corrected chi connectivity index (χ1v) is 7.49. The van der Waals surface area contributed by atoms with Crippen LogP contribution >= 0.6 is 0 Å². The van der Waals surface area contributed by atoms with Crippen molar-refractivity contribution in [3.05, 3.63) is 59.9 Å². The second-order valence-electron chi connectivity index (χ2n) is 5.34. The number of hydrogen-bond donors (Lipinski definition) is 1. The van der Waals surface area contributed by atoms with E-state index in [0.29, 0.717) is 11.4 Å². The summed E-state index contributed by atoms with van der Waals surface area (Å²) in [6, 6.07) is 12.8. The molecule has 0 fully saturated rings. The molecule has 0 unspecified atom stereocenters. The van der Waals surface area contributed by atoms with Crippen molar-refractivity contribution in [3.8, 4) is 5.75 Å². The van der Waals surface area contributed by atoms with Crippen LogP contribution in [0.3, 0.4) is 0 Å². The van der Waals surface area contributed by atoms with Gasteiger partial charge in [0.2, 0.25) is 5.91 Å². The number of primary amides is 1. The molecular weight excluding hydrogens is 311 g/mol. The highest BCUT2D eigenvalue weighted by molar-refractivity contribution is 5.95. The molecule has 2 N–H and O–H groups in total. The lowest BCUT2D eigenvalue weighted by Crippen LogP contribution is -2.37. The normalized spacial score (nSPS) is 10.2. The maximum absolute atomic E-state index is 13.1. The summed E-state index contributed by atoms with van der Waals surface area (Å²) in [5.74, 6) is -0.687. The minimum Gasteiger partial charge on any atom is -0.484 e. The number of rotatable bonds is 7. The molecule has 0 saturated heterocycles. The first-order chi connectivity index (χ1) is 11.5. The molecule has 0 spiro atoms. The van der Waals surface area contributed by atoms with E-state index < -0.39 is 11.7 Å². The number of nitrogens with two attached hydrogens (primary N) is 1. The molecule has 0 aliphatic rings. The summed E-state index contributed by atoms with van der Waals surface area (Å²) < 4.78 is 18.6. The minimum atomic E-state index is -0.519. The van der Waals surface area contributed by atoms with E-state index in [4.69, 9.17) is 10.5 Å². The van der Waals surface area contributed by atoms with Gasteiger partial charge < -0.3 is 15.4 Å². The molecule has 0 aliphatic heterocycles. The SMILES string of the molecule is Cc1cccc(OCC(=O)N(CCC(N)=O)c2ccc(F)cc2)c1. The fourth-order valence-corrected chi connectivity index (χ4v) is 2.17. The van der Waals surface area contributed by atoms with Crippen LogP contribution in [-0.4, -0.2) is 25.0 Å². The molecule has 0 aromatic heterocycles. The Bertz CT molecular complexity index is 716. The van der Waals surface area contributed by atoms with Crippen LogP contribution in [0.15, 0.2) is 48.5 Å². The van der Waals surface area contributed by atoms with Gasteiger partial charge in [-0.3, -0.25) is 9.59 Å². The standard InChI is InChI=1S/C18H19FN2O3/c1-13-3-2-4-16(11-13)24-12-18(23)21(10-9-17(20)22)15-7-5-14(19)6-8-15/h2-8,11H,9-10,12H2,1H3,(H2,20,22). The van der Waals surface area contributed by atoms with Crippen LogP contribution in [0.4, 0.5) is 10.1 Å². The van der Waals surface area contributed by atoms with Gasteiger partial charge in [0.15, 0.2) is 6.61 Å². The van der Waals surface area contributed by atoms with Crippen molar-refractivity contribution >= 4 is 17.5 Å². The van der Waals surface area contributed by atoms with Gasteiger partial charge in [0.05, 0.1) is 0 Å². The van der Waals surface area contributed by atoms with Gasteiger partial charge in [-0.25, -0.2) is 4.39 Å². The van der Waals surface area contributed by atoms with Crippen molar-refractivity contribution in [1.29, 1.82) is 0 Å². The van der Waals surface area contributed by atoms with Crippen molar-refractivity contribution in [2.75, 3.05) is 18.1 Å². The molecule has 2 aromatic carbocycles. The topological polar surface area (TPSA) is 72.6 Å². The van der Waals surface area contributed by atoms with Crippen LogP contribution in [0.25, 0.3) is 0 Å². The predicted molar refractivity (Wildman–Crippen MR) is 89.2 cm³/mol. The number of amides is 2.